The van der Waals surface area contributed by atoms with Gasteiger partial charge in [0.1, 0.15) is 6.04 Å². The lowest BCUT2D eigenvalue weighted by Gasteiger charge is -2.33. The van der Waals surface area contributed by atoms with Crippen molar-refractivity contribution in [3.8, 4) is 0 Å². The minimum Gasteiger partial charge on any atom is -0.351 e. The molecule has 0 radical (unpaired) electrons. The molecule has 1 atom stereocenters. The van der Waals surface area contributed by atoms with Gasteiger partial charge < -0.3 is 16.0 Å². The third kappa shape index (κ3) is 2.94. The van der Waals surface area contributed by atoms with Crippen molar-refractivity contribution in [2.45, 2.75) is 12.5 Å². The molecule has 0 spiro atoms. The maximum atomic E-state index is 12.5. The minimum absolute atomic E-state index is 0.0151. The van der Waals surface area contributed by atoms with Crippen LogP contribution in [0.25, 0.3) is 10.8 Å². The molecule has 1 saturated heterocycles. The Morgan fingerprint density at radius 2 is 1.95 bits per heavy atom. The van der Waals surface area contributed by atoms with Crippen LogP contribution >= 0.6 is 0 Å². The summed E-state index contributed by atoms with van der Waals surface area (Å²) in [4.78, 5) is 25.5. The number of Topliss-reactive ketones (excluding diaryl/α,β-unsaturated/α-hetero) is 1. The number of rotatable bonds is 3. The summed E-state index contributed by atoms with van der Waals surface area (Å²) >= 11 is 0. The first kappa shape index (κ1) is 14.5. The monoisotopic (exact) mass is 297 g/mol. The number of nitrogens with one attached hydrogen (secondary N) is 1. The third-order valence-corrected chi connectivity index (χ3v) is 4.09. The lowest BCUT2D eigenvalue weighted by Crippen LogP contribution is -2.58. The standard InChI is InChI=1S/C17H19N3O2/c18-17(22)20-8-7-19-11-15(20)16(21)10-12-5-6-13-3-1-2-4-14(13)9-12/h1-6,9,15,19H,7-8,10-11H2,(H2,18,22). The van der Waals surface area contributed by atoms with Gasteiger partial charge in [0.25, 0.3) is 0 Å². The van der Waals surface area contributed by atoms with Crippen LogP contribution in [-0.4, -0.2) is 42.4 Å². The Balaban J connectivity index is 1.78. The number of hydrogen-bond donors (Lipinski definition) is 2. The number of hydrogen-bond acceptors (Lipinski definition) is 3. The average Bonchev–Trinajstić information content (AvgIpc) is 2.54. The lowest BCUT2D eigenvalue weighted by atomic mass is 9.99. The molecule has 22 heavy (non-hydrogen) atoms. The molecule has 5 nitrogen and oxygen atoms in total. The molecule has 114 valence electrons. The molecule has 3 rings (SSSR count). The summed E-state index contributed by atoms with van der Waals surface area (Å²) in [5.41, 5.74) is 6.33. The second-order valence-electron chi connectivity index (χ2n) is 5.58. The second-order valence-corrected chi connectivity index (χ2v) is 5.58. The van der Waals surface area contributed by atoms with E-state index in [4.69, 9.17) is 5.73 Å². The minimum atomic E-state index is -0.529. The number of carbonyl (C=O) groups excluding carboxylic acids is 2. The summed E-state index contributed by atoms with van der Waals surface area (Å²) in [6.07, 6.45) is 0.307. The fourth-order valence-electron chi connectivity index (χ4n) is 2.92. The highest BCUT2D eigenvalue weighted by molar-refractivity contribution is 5.91. The first-order valence-electron chi connectivity index (χ1n) is 7.42. The van der Waals surface area contributed by atoms with Gasteiger partial charge in [-0.1, -0.05) is 42.5 Å². The van der Waals surface area contributed by atoms with E-state index in [0.29, 0.717) is 26.1 Å². The van der Waals surface area contributed by atoms with Crippen molar-refractivity contribution in [1.29, 1.82) is 0 Å². The summed E-state index contributed by atoms with van der Waals surface area (Å²) in [5, 5.41) is 5.41. The van der Waals surface area contributed by atoms with Crippen molar-refractivity contribution in [3.63, 3.8) is 0 Å². The number of carbonyl (C=O) groups is 2. The normalized spacial score (nSPS) is 18.4. The molecule has 3 N–H and O–H groups in total. The highest BCUT2D eigenvalue weighted by atomic mass is 16.2. The zero-order valence-corrected chi connectivity index (χ0v) is 12.3. The van der Waals surface area contributed by atoms with Crippen LogP contribution in [0.5, 0.6) is 0 Å². The van der Waals surface area contributed by atoms with E-state index in [9.17, 15) is 9.59 Å². The Hall–Kier alpha value is -2.40. The predicted octanol–water partition coefficient (Wildman–Crippen LogP) is 1.30. The predicted molar refractivity (Wildman–Crippen MR) is 85.6 cm³/mol. The molecular weight excluding hydrogens is 278 g/mol. The fourth-order valence-corrected chi connectivity index (χ4v) is 2.92. The summed E-state index contributed by atoms with van der Waals surface area (Å²) in [6, 6.07) is 13.0. The maximum absolute atomic E-state index is 12.5. The molecular formula is C17H19N3O2. The van der Waals surface area contributed by atoms with Crippen molar-refractivity contribution in [3.05, 3.63) is 48.0 Å². The number of nitrogens with zero attached hydrogens (tertiary/aromatic N) is 1. The van der Waals surface area contributed by atoms with Crippen LogP contribution in [0.1, 0.15) is 5.56 Å². The molecule has 1 unspecified atom stereocenters. The van der Waals surface area contributed by atoms with E-state index >= 15 is 0 Å². The number of nitrogens with two attached hydrogens (primary N) is 1. The van der Waals surface area contributed by atoms with E-state index in [1.54, 1.807) is 0 Å². The molecule has 2 amide bonds. The van der Waals surface area contributed by atoms with Crippen LogP contribution in [0.15, 0.2) is 42.5 Å². The van der Waals surface area contributed by atoms with Crippen molar-refractivity contribution >= 4 is 22.6 Å². The van der Waals surface area contributed by atoms with Gasteiger partial charge in [-0.2, -0.15) is 0 Å². The summed E-state index contributed by atoms with van der Waals surface area (Å²) < 4.78 is 0. The molecule has 1 aliphatic rings. The van der Waals surface area contributed by atoms with E-state index in [0.717, 1.165) is 16.3 Å². The van der Waals surface area contributed by atoms with Gasteiger partial charge in [-0.3, -0.25) is 4.79 Å². The molecule has 1 heterocycles. The number of fused-ring (bicyclic) bond motifs is 1. The molecule has 2 aromatic carbocycles. The number of piperazine rings is 1. The van der Waals surface area contributed by atoms with Gasteiger partial charge in [0.15, 0.2) is 5.78 Å². The van der Waals surface area contributed by atoms with Crippen LogP contribution in [0.3, 0.4) is 0 Å². The SMILES string of the molecule is NC(=O)N1CCNCC1C(=O)Cc1ccc2ccccc2c1. The van der Waals surface area contributed by atoms with Gasteiger partial charge in [-0.25, -0.2) is 4.79 Å². The average molecular weight is 297 g/mol. The third-order valence-electron chi connectivity index (χ3n) is 4.09. The largest absolute Gasteiger partial charge is 0.351 e. The van der Waals surface area contributed by atoms with Crippen LogP contribution in [0.2, 0.25) is 0 Å². The highest BCUT2D eigenvalue weighted by Crippen LogP contribution is 2.17. The zero-order chi connectivity index (χ0) is 15.5. The molecule has 1 fully saturated rings. The molecule has 2 aromatic rings. The molecule has 0 aromatic heterocycles. The number of urea groups is 1. The second kappa shape index (κ2) is 6.15. The Kier molecular flexibility index (Phi) is 4.06. The summed E-state index contributed by atoms with van der Waals surface area (Å²) in [5.74, 6) is 0.0151. The van der Waals surface area contributed by atoms with Gasteiger partial charge in [0, 0.05) is 26.1 Å². The number of benzene rings is 2. The van der Waals surface area contributed by atoms with Gasteiger partial charge in [-0.15, -0.1) is 0 Å². The Morgan fingerprint density at radius 3 is 2.73 bits per heavy atom. The Bertz CT molecular complexity index is 714. The zero-order valence-electron chi connectivity index (χ0n) is 12.3. The van der Waals surface area contributed by atoms with Crippen LogP contribution in [-0.2, 0) is 11.2 Å². The van der Waals surface area contributed by atoms with E-state index in [1.165, 1.54) is 4.90 Å². The summed E-state index contributed by atoms with van der Waals surface area (Å²) in [6.45, 7) is 1.61. The van der Waals surface area contributed by atoms with E-state index in [2.05, 4.69) is 5.32 Å². The quantitative estimate of drug-likeness (QED) is 0.896. The van der Waals surface area contributed by atoms with Crippen molar-refractivity contribution in [1.82, 2.24) is 10.2 Å². The number of amides is 2. The van der Waals surface area contributed by atoms with Crippen LogP contribution in [0.4, 0.5) is 4.79 Å². The summed E-state index contributed by atoms with van der Waals surface area (Å²) in [7, 11) is 0. The Labute approximate surface area is 129 Å². The first-order chi connectivity index (χ1) is 10.6. The van der Waals surface area contributed by atoms with Gasteiger partial charge in [0.2, 0.25) is 0 Å². The number of ketones is 1. The maximum Gasteiger partial charge on any atom is 0.315 e. The molecule has 0 aliphatic carbocycles. The van der Waals surface area contributed by atoms with Crippen molar-refractivity contribution < 1.29 is 9.59 Å². The van der Waals surface area contributed by atoms with E-state index in [1.807, 2.05) is 42.5 Å². The van der Waals surface area contributed by atoms with E-state index in [-0.39, 0.29) is 5.78 Å². The molecule has 5 heteroatoms. The lowest BCUT2D eigenvalue weighted by molar-refractivity contribution is -0.123. The molecule has 0 saturated carbocycles. The first-order valence-corrected chi connectivity index (χ1v) is 7.42. The highest BCUT2D eigenvalue weighted by Gasteiger charge is 2.30. The van der Waals surface area contributed by atoms with Gasteiger partial charge in [-0.05, 0) is 16.3 Å². The fraction of sp³-hybridized carbons (Fsp3) is 0.294. The Morgan fingerprint density at radius 1 is 1.18 bits per heavy atom. The topological polar surface area (TPSA) is 75.4 Å². The van der Waals surface area contributed by atoms with E-state index < -0.39 is 12.1 Å². The van der Waals surface area contributed by atoms with Crippen molar-refractivity contribution in [2.75, 3.05) is 19.6 Å². The van der Waals surface area contributed by atoms with Crippen molar-refractivity contribution in [2.24, 2.45) is 5.73 Å². The van der Waals surface area contributed by atoms with Gasteiger partial charge >= 0.3 is 6.03 Å². The van der Waals surface area contributed by atoms with Crippen LogP contribution in [0, 0.1) is 0 Å². The molecule has 1 aliphatic heterocycles. The molecule has 0 bridgehead atoms. The van der Waals surface area contributed by atoms with Crippen LogP contribution < -0.4 is 11.1 Å². The smallest absolute Gasteiger partial charge is 0.315 e. The van der Waals surface area contributed by atoms with Gasteiger partial charge in [0.05, 0.1) is 0 Å². The number of primary amides is 1.